The van der Waals surface area contributed by atoms with Gasteiger partial charge in [-0.1, -0.05) is 24.3 Å². The molecule has 0 unspecified atom stereocenters. The largest absolute Gasteiger partial charge is 0.281 e. The van der Waals surface area contributed by atoms with Gasteiger partial charge in [-0.05, 0) is 42.0 Å². The van der Waals surface area contributed by atoms with E-state index in [0.717, 1.165) is 5.56 Å². The highest BCUT2D eigenvalue weighted by Crippen LogP contribution is 2.28. The first kappa shape index (κ1) is 17.3. The first-order valence-corrected chi connectivity index (χ1v) is 8.48. The second-order valence-electron chi connectivity index (χ2n) is 6.05. The van der Waals surface area contributed by atoms with Crippen molar-refractivity contribution in [3.8, 4) is 0 Å². The minimum absolute atomic E-state index is 0.0219. The van der Waals surface area contributed by atoms with E-state index in [9.17, 15) is 14.9 Å². The van der Waals surface area contributed by atoms with Gasteiger partial charge in [0, 0.05) is 30.1 Å². The molecule has 1 aliphatic rings. The van der Waals surface area contributed by atoms with Gasteiger partial charge < -0.3 is 0 Å². The molecule has 7 heteroatoms. The Labute approximate surface area is 160 Å². The molecule has 1 amide bonds. The molecule has 2 heterocycles. The van der Waals surface area contributed by atoms with Crippen molar-refractivity contribution < 1.29 is 9.72 Å². The van der Waals surface area contributed by atoms with Gasteiger partial charge in [-0.2, -0.15) is 10.1 Å². The fraction of sp³-hybridized carbons (Fsp3) is 0. The Bertz CT molecular complexity index is 1090. The molecule has 136 valence electrons. The van der Waals surface area contributed by atoms with Crippen LogP contribution in [0.4, 0.5) is 11.4 Å². The van der Waals surface area contributed by atoms with Gasteiger partial charge in [0.2, 0.25) is 0 Å². The number of nitrogens with zero attached hydrogens (tertiary/aromatic N) is 4. The zero-order valence-corrected chi connectivity index (χ0v) is 14.6. The molecule has 2 aromatic carbocycles. The van der Waals surface area contributed by atoms with Crippen LogP contribution in [0.3, 0.4) is 0 Å². The van der Waals surface area contributed by atoms with E-state index in [1.165, 1.54) is 17.1 Å². The summed E-state index contributed by atoms with van der Waals surface area (Å²) in [5, 5.41) is 16.8. The molecule has 1 aliphatic heterocycles. The number of para-hydroxylation sites is 1. The van der Waals surface area contributed by atoms with Gasteiger partial charge in [0.25, 0.3) is 11.6 Å². The molecule has 0 saturated heterocycles. The summed E-state index contributed by atoms with van der Waals surface area (Å²) in [7, 11) is 0. The van der Waals surface area contributed by atoms with Gasteiger partial charge in [-0.15, -0.1) is 0 Å². The topological polar surface area (TPSA) is 88.7 Å². The zero-order chi connectivity index (χ0) is 19.5. The number of nitro benzene ring substituents is 1. The Morgan fingerprint density at radius 1 is 0.964 bits per heavy atom. The van der Waals surface area contributed by atoms with Gasteiger partial charge in [-0.3, -0.25) is 19.9 Å². The summed E-state index contributed by atoms with van der Waals surface area (Å²) in [6.45, 7) is 0. The monoisotopic (exact) mass is 370 g/mol. The number of rotatable bonds is 4. The van der Waals surface area contributed by atoms with E-state index in [0.29, 0.717) is 22.5 Å². The molecule has 3 aromatic rings. The lowest BCUT2D eigenvalue weighted by atomic mass is 10.0. The predicted octanol–water partition coefficient (Wildman–Crippen LogP) is 3.82. The maximum atomic E-state index is 13.1. The Kier molecular flexibility index (Phi) is 4.47. The zero-order valence-electron chi connectivity index (χ0n) is 14.6. The number of benzene rings is 2. The highest BCUT2D eigenvalue weighted by atomic mass is 16.6. The number of hydrogen-bond acceptors (Lipinski definition) is 5. The molecular formula is C21H14N4O3. The quantitative estimate of drug-likeness (QED) is 0.397. The number of pyridine rings is 1. The summed E-state index contributed by atoms with van der Waals surface area (Å²) in [6.07, 6.45) is 5.03. The number of non-ortho nitro benzene ring substituents is 1. The van der Waals surface area contributed by atoms with Crippen molar-refractivity contribution in [1.29, 1.82) is 0 Å². The van der Waals surface area contributed by atoms with Crippen LogP contribution in [0, 0.1) is 10.1 Å². The predicted molar refractivity (Wildman–Crippen MR) is 106 cm³/mol. The van der Waals surface area contributed by atoms with Crippen LogP contribution in [0.1, 0.15) is 11.1 Å². The molecule has 0 spiro atoms. The number of aromatic nitrogens is 1. The molecule has 0 atom stereocenters. The molecule has 0 fully saturated rings. The molecule has 1 aromatic heterocycles. The Balaban J connectivity index is 1.81. The van der Waals surface area contributed by atoms with Crippen LogP contribution < -0.4 is 5.01 Å². The van der Waals surface area contributed by atoms with Crippen molar-refractivity contribution in [1.82, 2.24) is 4.98 Å². The number of carbonyl (C=O) groups is 1. The second kappa shape index (κ2) is 7.24. The van der Waals surface area contributed by atoms with Crippen LogP contribution >= 0.6 is 0 Å². The average molecular weight is 370 g/mol. The van der Waals surface area contributed by atoms with Crippen LogP contribution in [-0.2, 0) is 4.79 Å². The van der Waals surface area contributed by atoms with Crippen molar-refractivity contribution >= 4 is 29.1 Å². The third-order valence-corrected chi connectivity index (χ3v) is 4.23. The normalized spacial score (nSPS) is 15.0. The minimum atomic E-state index is -0.464. The summed E-state index contributed by atoms with van der Waals surface area (Å²) >= 11 is 0. The van der Waals surface area contributed by atoms with Gasteiger partial charge >= 0.3 is 0 Å². The molecule has 7 nitrogen and oxygen atoms in total. The van der Waals surface area contributed by atoms with E-state index in [4.69, 9.17) is 0 Å². The molecule has 0 aliphatic carbocycles. The van der Waals surface area contributed by atoms with E-state index in [1.54, 1.807) is 48.8 Å². The fourth-order valence-electron chi connectivity index (χ4n) is 2.87. The molecule has 0 radical (unpaired) electrons. The van der Waals surface area contributed by atoms with Gasteiger partial charge in [0.05, 0.1) is 16.2 Å². The van der Waals surface area contributed by atoms with Crippen molar-refractivity contribution in [3.63, 3.8) is 0 Å². The number of hydrazone groups is 1. The molecule has 4 rings (SSSR count). The van der Waals surface area contributed by atoms with E-state index in [-0.39, 0.29) is 11.6 Å². The smallest absolute Gasteiger partial charge is 0.267 e. The molecule has 0 N–H and O–H groups in total. The van der Waals surface area contributed by atoms with Crippen molar-refractivity contribution in [3.05, 3.63) is 106 Å². The summed E-state index contributed by atoms with van der Waals surface area (Å²) in [5.41, 5.74) is 2.84. The number of amides is 1. The lowest BCUT2D eigenvalue weighted by Crippen LogP contribution is -2.21. The fourth-order valence-corrected chi connectivity index (χ4v) is 2.87. The van der Waals surface area contributed by atoms with Crippen LogP contribution in [0.5, 0.6) is 0 Å². The number of anilines is 1. The van der Waals surface area contributed by atoms with Gasteiger partial charge in [0.1, 0.15) is 5.71 Å². The Morgan fingerprint density at radius 2 is 1.71 bits per heavy atom. The summed E-state index contributed by atoms with van der Waals surface area (Å²) in [6, 6.07) is 18.7. The third kappa shape index (κ3) is 3.28. The number of hydrogen-bond donors (Lipinski definition) is 0. The first-order valence-electron chi connectivity index (χ1n) is 8.48. The minimum Gasteiger partial charge on any atom is -0.267 e. The van der Waals surface area contributed by atoms with Crippen LogP contribution in [0.2, 0.25) is 0 Å². The molecular weight excluding hydrogens is 356 g/mol. The van der Waals surface area contributed by atoms with E-state index in [1.807, 2.05) is 24.3 Å². The Morgan fingerprint density at radius 3 is 2.36 bits per heavy atom. The van der Waals surface area contributed by atoms with Crippen molar-refractivity contribution in [2.45, 2.75) is 0 Å². The maximum Gasteiger partial charge on any atom is 0.281 e. The third-order valence-electron chi connectivity index (χ3n) is 4.23. The SMILES string of the molecule is O=C1/C(=C/c2cccnc2)C(c2ccc([N+](=O)[O-])cc2)=NN1c1ccccc1. The van der Waals surface area contributed by atoms with Gasteiger partial charge in [-0.25, -0.2) is 0 Å². The van der Waals surface area contributed by atoms with Crippen LogP contribution in [0.25, 0.3) is 6.08 Å². The van der Waals surface area contributed by atoms with Gasteiger partial charge in [0.15, 0.2) is 0 Å². The lowest BCUT2D eigenvalue weighted by molar-refractivity contribution is -0.384. The van der Waals surface area contributed by atoms with E-state index >= 15 is 0 Å². The number of carbonyl (C=O) groups excluding carboxylic acids is 1. The highest BCUT2D eigenvalue weighted by molar-refractivity contribution is 6.37. The highest BCUT2D eigenvalue weighted by Gasteiger charge is 2.32. The standard InChI is InChI=1S/C21H14N4O3/c26-21-19(13-15-5-4-12-22-14-15)20(16-8-10-18(11-9-16)25(27)28)23-24(21)17-6-2-1-3-7-17/h1-14H/b19-13+. The van der Waals surface area contributed by atoms with E-state index < -0.39 is 4.92 Å². The number of nitro groups is 1. The van der Waals surface area contributed by atoms with E-state index in [2.05, 4.69) is 10.1 Å². The molecule has 0 bridgehead atoms. The second-order valence-corrected chi connectivity index (χ2v) is 6.05. The average Bonchev–Trinajstić information content (AvgIpc) is 3.06. The summed E-state index contributed by atoms with van der Waals surface area (Å²) < 4.78 is 0. The Hall–Kier alpha value is -4.13. The first-order chi connectivity index (χ1) is 13.6. The van der Waals surface area contributed by atoms with Crippen molar-refractivity contribution in [2.75, 3.05) is 5.01 Å². The molecule has 28 heavy (non-hydrogen) atoms. The maximum absolute atomic E-state index is 13.1. The summed E-state index contributed by atoms with van der Waals surface area (Å²) in [5.74, 6) is -0.275. The lowest BCUT2D eigenvalue weighted by Gasteiger charge is -2.10. The van der Waals surface area contributed by atoms with Crippen LogP contribution in [0.15, 0.2) is 89.8 Å². The molecule has 0 saturated carbocycles. The van der Waals surface area contributed by atoms with Crippen LogP contribution in [-0.4, -0.2) is 21.5 Å². The van der Waals surface area contributed by atoms with Crippen molar-refractivity contribution in [2.24, 2.45) is 5.10 Å². The summed E-state index contributed by atoms with van der Waals surface area (Å²) in [4.78, 5) is 27.6.